The average Bonchev–Trinajstić information content (AvgIpc) is 2.73. The summed E-state index contributed by atoms with van der Waals surface area (Å²) >= 11 is 0. The van der Waals surface area contributed by atoms with E-state index in [-0.39, 0.29) is 28.2 Å². The molecule has 0 radical (unpaired) electrons. The number of rotatable bonds is 6. The molecule has 2 aromatic carbocycles. The van der Waals surface area contributed by atoms with Crippen molar-refractivity contribution in [3.63, 3.8) is 0 Å². The second-order valence-electron chi connectivity index (χ2n) is 6.17. The number of anilines is 2. The Hall–Kier alpha value is -4.40. The first kappa shape index (κ1) is 20.3. The lowest BCUT2D eigenvalue weighted by Crippen LogP contribution is -2.16. The molecule has 9 heteroatoms. The van der Waals surface area contributed by atoms with Crippen molar-refractivity contribution in [1.82, 2.24) is 4.98 Å². The van der Waals surface area contributed by atoms with Crippen molar-refractivity contribution < 1.29 is 24.2 Å². The van der Waals surface area contributed by atoms with Crippen molar-refractivity contribution in [3.05, 3.63) is 77.6 Å². The average molecular weight is 406 g/mol. The number of phenols is 1. The molecule has 152 valence electrons. The fourth-order valence-corrected chi connectivity index (χ4v) is 2.69. The minimum atomic E-state index is -0.693. The first-order valence-corrected chi connectivity index (χ1v) is 8.72. The van der Waals surface area contributed by atoms with E-state index in [1.54, 1.807) is 30.3 Å². The van der Waals surface area contributed by atoms with Gasteiger partial charge >= 0.3 is 0 Å². The van der Waals surface area contributed by atoms with Crippen LogP contribution >= 0.6 is 0 Å². The Kier molecular flexibility index (Phi) is 5.92. The monoisotopic (exact) mass is 406 g/mol. The van der Waals surface area contributed by atoms with Crippen molar-refractivity contribution in [2.45, 2.75) is 0 Å². The quantitative estimate of drug-likeness (QED) is 0.495. The van der Waals surface area contributed by atoms with Crippen LogP contribution in [0.1, 0.15) is 31.1 Å². The molecule has 0 fully saturated rings. The van der Waals surface area contributed by atoms with Crippen LogP contribution in [-0.2, 0) is 0 Å². The molecule has 3 rings (SSSR count). The van der Waals surface area contributed by atoms with Gasteiger partial charge in [-0.05, 0) is 36.4 Å². The van der Waals surface area contributed by atoms with E-state index in [9.17, 15) is 19.5 Å². The third kappa shape index (κ3) is 4.53. The Labute approximate surface area is 171 Å². The number of benzene rings is 2. The van der Waals surface area contributed by atoms with Gasteiger partial charge in [0, 0.05) is 23.8 Å². The first-order chi connectivity index (χ1) is 14.4. The number of nitrogens with one attached hydrogen (secondary N) is 2. The van der Waals surface area contributed by atoms with Gasteiger partial charge in [0.05, 0.1) is 18.2 Å². The third-order valence-corrected chi connectivity index (χ3v) is 4.11. The predicted octanol–water partition coefficient (Wildman–Crippen LogP) is 2.40. The second kappa shape index (κ2) is 8.74. The Balaban J connectivity index is 1.77. The number of hydrogen-bond acceptors (Lipinski definition) is 6. The van der Waals surface area contributed by atoms with Crippen LogP contribution in [0.25, 0.3) is 0 Å². The molecule has 0 atom stereocenters. The molecule has 0 bridgehead atoms. The van der Waals surface area contributed by atoms with Crippen molar-refractivity contribution >= 4 is 29.1 Å². The minimum absolute atomic E-state index is 0.0104. The van der Waals surface area contributed by atoms with Gasteiger partial charge in [0.1, 0.15) is 17.1 Å². The van der Waals surface area contributed by atoms with Gasteiger partial charge in [0.15, 0.2) is 0 Å². The fourth-order valence-electron chi connectivity index (χ4n) is 2.69. The van der Waals surface area contributed by atoms with E-state index >= 15 is 0 Å². The van der Waals surface area contributed by atoms with Crippen LogP contribution in [0.2, 0.25) is 0 Å². The van der Waals surface area contributed by atoms with Gasteiger partial charge in [-0.1, -0.05) is 12.1 Å². The lowest BCUT2D eigenvalue weighted by atomic mass is 10.1. The van der Waals surface area contributed by atoms with Gasteiger partial charge in [-0.25, -0.2) is 0 Å². The number of pyridine rings is 1. The lowest BCUT2D eigenvalue weighted by Gasteiger charge is -2.12. The van der Waals surface area contributed by atoms with E-state index in [0.29, 0.717) is 11.4 Å². The number of methoxy groups -OCH3 is 1. The maximum atomic E-state index is 12.6. The van der Waals surface area contributed by atoms with Crippen molar-refractivity contribution in [3.8, 4) is 11.5 Å². The number of hydrogen-bond donors (Lipinski definition) is 4. The van der Waals surface area contributed by atoms with Gasteiger partial charge in [-0.3, -0.25) is 19.4 Å². The first-order valence-electron chi connectivity index (χ1n) is 8.72. The zero-order valence-electron chi connectivity index (χ0n) is 15.9. The van der Waals surface area contributed by atoms with Crippen molar-refractivity contribution in [2.24, 2.45) is 5.73 Å². The van der Waals surface area contributed by atoms with E-state index in [1.807, 2.05) is 0 Å². The standard InChI is InChI=1S/C21H18N4O5/c1-30-17-7-3-6-16(26)18(17)21(29)25-15-5-2-4-14(9-15)24-20(28)13-8-12(19(22)27)10-23-11-13/h2-11,26H,1H3,(H2,22,27)(H,24,28)(H,25,29). The highest BCUT2D eigenvalue weighted by Gasteiger charge is 2.17. The predicted molar refractivity (Wildman–Crippen MR) is 110 cm³/mol. The minimum Gasteiger partial charge on any atom is -0.507 e. The molecule has 1 aromatic heterocycles. The van der Waals surface area contributed by atoms with Crippen LogP contribution in [0.15, 0.2) is 60.9 Å². The SMILES string of the molecule is COc1cccc(O)c1C(=O)Nc1cccc(NC(=O)c2cncc(C(N)=O)c2)c1. The number of primary amides is 1. The maximum absolute atomic E-state index is 12.6. The molecule has 30 heavy (non-hydrogen) atoms. The van der Waals surface area contributed by atoms with E-state index < -0.39 is 17.7 Å². The van der Waals surface area contributed by atoms with Crippen LogP contribution in [0.4, 0.5) is 11.4 Å². The molecule has 1 heterocycles. The number of nitrogens with zero attached hydrogens (tertiary/aromatic N) is 1. The molecule has 0 spiro atoms. The molecule has 0 unspecified atom stereocenters. The summed E-state index contributed by atoms with van der Waals surface area (Å²) in [7, 11) is 1.39. The largest absolute Gasteiger partial charge is 0.507 e. The van der Waals surface area contributed by atoms with Crippen LogP contribution in [0.3, 0.4) is 0 Å². The highest BCUT2D eigenvalue weighted by molar-refractivity contribution is 6.09. The summed E-state index contributed by atoms with van der Waals surface area (Å²) < 4.78 is 5.12. The lowest BCUT2D eigenvalue weighted by molar-refractivity contribution is 0.0996. The molecule has 0 aliphatic heterocycles. The third-order valence-electron chi connectivity index (χ3n) is 4.11. The number of aromatic hydroxyl groups is 1. The van der Waals surface area contributed by atoms with E-state index in [2.05, 4.69) is 15.6 Å². The molecule has 0 saturated heterocycles. The second-order valence-corrected chi connectivity index (χ2v) is 6.17. The number of carbonyl (C=O) groups excluding carboxylic acids is 3. The highest BCUT2D eigenvalue weighted by Crippen LogP contribution is 2.28. The summed E-state index contributed by atoms with van der Waals surface area (Å²) in [5.74, 6) is -1.78. The number of amides is 3. The maximum Gasteiger partial charge on any atom is 0.263 e. The van der Waals surface area contributed by atoms with Gasteiger partial charge in [0.25, 0.3) is 11.8 Å². The number of carbonyl (C=O) groups is 3. The van der Waals surface area contributed by atoms with E-state index in [0.717, 1.165) is 0 Å². The molecular weight excluding hydrogens is 388 g/mol. The number of phenolic OH excluding ortho intramolecular Hbond substituents is 1. The fraction of sp³-hybridized carbons (Fsp3) is 0.0476. The van der Waals surface area contributed by atoms with Crippen molar-refractivity contribution in [2.75, 3.05) is 17.7 Å². The van der Waals surface area contributed by atoms with Gasteiger partial charge in [0.2, 0.25) is 5.91 Å². The molecule has 3 aromatic rings. The Morgan fingerprint density at radius 2 is 1.57 bits per heavy atom. The summed E-state index contributed by atoms with van der Waals surface area (Å²) in [4.78, 5) is 40.1. The molecule has 0 saturated carbocycles. The molecule has 9 nitrogen and oxygen atoms in total. The normalized spacial score (nSPS) is 10.2. The van der Waals surface area contributed by atoms with Gasteiger partial charge < -0.3 is 26.2 Å². The van der Waals surface area contributed by atoms with Crippen LogP contribution in [-0.4, -0.2) is 34.9 Å². The Bertz CT molecular complexity index is 1130. The number of ether oxygens (including phenoxy) is 1. The molecule has 0 aliphatic carbocycles. The topological polar surface area (TPSA) is 144 Å². The summed E-state index contributed by atoms with van der Waals surface area (Å²) in [5, 5.41) is 15.3. The smallest absolute Gasteiger partial charge is 0.263 e. The number of aromatic nitrogens is 1. The Morgan fingerprint density at radius 3 is 2.23 bits per heavy atom. The van der Waals surface area contributed by atoms with Gasteiger partial charge in [-0.15, -0.1) is 0 Å². The van der Waals surface area contributed by atoms with E-state index in [4.69, 9.17) is 10.5 Å². The molecule has 5 N–H and O–H groups in total. The molecule has 3 amide bonds. The van der Waals surface area contributed by atoms with Crippen molar-refractivity contribution in [1.29, 1.82) is 0 Å². The van der Waals surface area contributed by atoms with E-state index in [1.165, 1.54) is 37.7 Å². The van der Waals surface area contributed by atoms with Gasteiger partial charge in [-0.2, -0.15) is 0 Å². The van der Waals surface area contributed by atoms with Crippen LogP contribution < -0.4 is 21.1 Å². The summed E-state index contributed by atoms with van der Waals surface area (Å²) in [5.41, 5.74) is 6.23. The zero-order chi connectivity index (χ0) is 21.7. The highest BCUT2D eigenvalue weighted by atomic mass is 16.5. The molecular formula is C21H18N4O5. The summed E-state index contributed by atoms with van der Waals surface area (Å²) in [6, 6.07) is 12.2. The Morgan fingerprint density at radius 1 is 0.933 bits per heavy atom. The van der Waals surface area contributed by atoms with Crippen LogP contribution in [0, 0.1) is 0 Å². The summed E-state index contributed by atoms with van der Waals surface area (Å²) in [6.07, 6.45) is 2.57. The van der Waals surface area contributed by atoms with Crippen LogP contribution in [0.5, 0.6) is 11.5 Å². The number of nitrogens with two attached hydrogens (primary N) is 1. The molecule has 0 aliphatic rings. The summed E-state index contributed by atoms with van der Waals surface area (Å²) in [6.45, 7) is 0. The zero-order valence-corrected chi connectivity index (χ0v) is 15.9.